The van der Waals surface area contributed by atoms with Crippen molar-refractivity contribution in [2.75, 3.05) is 5.75 Å². The second-order valence-corrected chi connectivity index (χ2v) is 10.5. The summed E-state index contributed by atoms with van der Waals surface area (Å²) in [4.78, 5) is 29.7. The number of amides is 2. The topological polar surface area (TPSA) is 49.4 Å². The molecule has 0 heterocycles. The molecule has 3 rings (SSSR count). The maximum Gasteiger partial charge on any atom is 0.243 e. The number of hydrogen-bond acceptors (Lipinski definition) is 3. The summed E-state index contributed by atoms with van der Waals surface area (Å²) >= 11 is 14.5. The average Bonchev–Trinajstić information content (AvgIpc) is 2.83. The van der Waals surface area contributed by atoms with Crippen LogP contribution in [-0.4, -0.2) is 34.6 Å². The molecule has 0 fully saturated rings. The van der Waals surface area contributed by atoms with Crippen LogP contribution in [0.1, 0.15) is 31.4 Å². The Morgan fingerprint density at radius 1 is 0.886 bits per heavy atom. The SMILES string of the molecule is CC(C)NC(=O)[C@@H](Cc1ccccc1)N(Cc1c(Cl)cccc1Cl)C(=O)CCSc1ccccc1. The number of benzene rings is 3. The molecule has 35 heavy (non-hydrogen) atoms. The number of nitrogens with one attached hydrogen (secondary N) is 1. The zero-order valence-electron chi connectivity index (χ0n) is 19.9. The highest BCUT2D eigenvalue weighted by Gasteiger charge is 2.31. The van der Waals surface area contributed by atoms with E-state index in [-0.39, 0.29) is 30.8 Å². The van der Waals surface area contributed by atoms with Crippen LogP contribution in [-0.2, 0) is 22.6 Å². The van der Waals surface area contributed by atoms with Crippen molar-refractivity contribution in [3.63, 3.8) is 0 Å². The number of hydrogen-bond donors (Lipinski definition) is 1. The van der Waals surface area contributed by atoms with Crippen LogP contribution in [0, 0.1) is 0 Å². The molecule has 3 aromatic carbocycles. The van der Waals surface area contributed by atoms with Crippen LogP contribution >= 0.6 is 35.0 Å². The first-order chi connectivity index (χ1) is 16.8. The number of rotatable bonds is 11. The fraction of sp³-hybridized carbons (Fsp3) is 0.286. The van der Waals surface area contributed by atoms with E-state index in [1.54, 1.807) is 34.9 Å². The van der Waals surface area contributed by atoms with Crippen molar-refractivity contribution < 1.29 is 9.59 Å². The van der Waals surface area contributed by atoms with Crippen LogP contribution in [0.2, 0.25) is 10.0 Å². The van der Waals surface area contributed by atoms with Crippen molar-refractivity contribution in [3.05, 3.63) is 100 Å². The number of carbonyl (C=O) groups is 2. The first-order valence-electron chi connectivity index (χ1n) is 11.6. The van der Waals surface area contributed by atoms with Gasteiger partial charge >= 0.3 is 0 Å². The van der Waals surface area contributed by atoms with Crippen molar-refractivity contribution in [2.24, 2.45) is 0 Å². The minimum absolute atomic E-state index is 0.0599. The molecule has 0 aromatic heterocycles. The van der Waals surface area contributed by atoms with Crippen LogP contribution in [0.5, 0.6) is 0 Å². The molecular formula is C28H30Cl2N2O2S. The highest BCUT2D eigenvalue weighted by atomic mass is 35.5. The van der Waals surface area contributed by atoms with E-state index in [9.17, 15) is 9.59 Å². The molecule has 1 atom stereocenters. The fourth-order valence-corrected chi connectivity index (χ4v) is 5.08. The van der Waals surface area contributed by atoms with Crippen molar-refractivity contribution >= 4 is 46.8 Å². The average molecular weight is 530 g/mol. The molecule has 7 heteroatoms. The van der Waals surface area contributed by atoms with Gasteiger partial charge in [-0.2, -0.15) is 0 Å². The zero-order chi connectivity index (χ0) is 25.2. The lowest BCUT2D eigenvalue weighted by Crippen LogP contribution is -2.52. The Balaban J connectivity index is 1.90. The standard InChI is InChI=1S/C28H30Cl2N2O2S/c1-20(2)31-28(34)26(18-21-10-5-3-6-11-21)32(19-23-24(29)14-9-15-25(23)30)27(33)16-17-35-22-12-7-4-8-13-22/h3-15,20,26H,16-19H2,1-2H3,(H,31,34)/t26-/m1/s1. The quantitative estimate of drug-likeness (QED) is 0.283. The number of carbonyl (C=O) groups excluding carboxylic acids is 2. The molecule has 0 aliphatic carbocycles. The van der Waals surface area contributed by atoms with Gasteiger partial charge in [-0.1, -0.05) is 77.8 Å². The monoisotopic (exact) mass is 528 g/mol. The Bertz CT molecular complexity index is 1090. The Hall–Kier alpha value is -2.47. The van der Waals surface area contributed by atoms with Gasteiger partial charge in [-0.15, -0.1) is 11.8 Å². The molecule has 3 aromatic rings. The predicted molar refractivity (Wildman–Crippen MR) is 146 cm³/mol. The molecule has 0 saturated carbocycles. The molecule has 0 spiro atoms. The third-order valence-electron chi connectivity index (χ3n) is 5.42. The van der Waals surface area contributed by atoms with E-state index in [1.807, 2.05) is 74.5 Å². The van der Waals surface area contributed by atoms with Gasteiger partial charge in [-0.3, -0.25) is 9.59 Å². The minimum atomic E-state index is -0.707. The highest BCUT2D eigenvalue weighted by molar-refractivity contribution is 7.99. The van der Waals surface area contributed by atoms with Gasteiger partial charge in [0.1, 0.15) is 6.04 Å². The van der Waals surface area contributed by atoms with Gasteiger partial charge in [0, 0.05) is 51.7 Å². The largest absolute Gasteiger partial charge is 0.352 e. The Labute approximate surface area is 222 Å². The van der Waals surface area contributed by atoms with Crippen LogP contribution < -0.4 is 5.32 Å². The van der Waals surface area contributed by atoms with Crippen molar-refractivity contribution in [2.45, 2.75) is 50.2 Å². The van der Waals surface area contributed by atoms with Gasteiger partial charge in [-0.05, 0) is 43.7 Å². The molecule has 2 amide bonds. The molecule has 4 nitrogen and oxygen atoms in total. The van der Waals surface area contributed by atoms with Crippen LogP contribution in [0.25, 0.3) is 0 Å². The van der Waals surface area contributed by atoms with Gasteiger partial charge in [0.05, 0.1) is 0 Å². The van der Waals surface area contributed by atoms with E-state index in [0.29, 0.717) is 27.8 Å². The Morgan fingerprint density at radius 2 is 1.49 bits per heavy atom. The zero-order valence-corrected chi connectivity index (χ0v) is 22.2. The first-order valence-corrected chi connectivity index (χ1v) is 13.3. The summed E-state index contributed by atoms with van der Waals surface area (Å²) in [6, 6.07) is 24.2. The summed E-state index contributed by atoms with van der Waals surface area (Å²) < 4.78 is 0. The van der Waals surface area contributed by atoms with Gasteiger partial charge < -0.3 is 10.2 Å². The summed E-state index contributed by atoms with van der Waals surface area (Å²) in [5.74, 6) is 0.278. The summed E-state index contributed by atoms with van der Waals surface area (Å²) in [6.45, 7) is 3.96. The van der Waals surface area contributed by atoms with E-state index >= 15 is 0 Å². The van der Waals surface area contributed by atoms with E-state index < -0.39 is 6.04 Å². The van der Waals surface area contributed by atoms with Crippen molar-refractivity contribution in [1.82, 2.24) is 10.2 Å². The molecule has 1 N–H and O–H groups in total. The second kappa shape index (κ2) is 13.6. The number of thioether (sulfide) groups is 1. The van der Waals surface area contributed by atoms with Crippen LogP contribution in [0.4, 0.5) is 0 Å². The molecule has 0 saturated heterocycles. The van der Waals surface area contributed by atoms with E-state index in [4.69, 9.17) is 23.2 Å². The van der Waals surface area contributed by atoms with E-state index in [1.165, 1.54) is 0 Å². The normalized spacial score (nSPS) is 11.8. The summed E-state index contributed by atoms with van der Waals surface area (Å²) in [5, 5.41) is 3.93. The van der Waals surface area contributed by atoms with Crippen LogP contribution in [0.3, 0.4) is 0 Å². The molecule has 0 radical (unpaired) electrons. The molecule has 184 valence electrons. The number of halogens is 2. The maximum atomic E-state index is 13.6. The summed E-state index contributed by atoms with van der Waals surface area (Å²) in [5.41, 5.74) is 1.61. The number of nitrogens with zero attached hydrogens (tertiary/aromatic N) is 1. The van der Waals surface area contributed by atoms with Crippen LogP contribution in [0.15, 0.2) is 83.8 Å². The van der Waals surface area contributed by atoms with Gasteiger partial charge in [-0.25, -0.2) is 0 Å². The van der Waals surface area contributed by atoms with Gasteiger partial charge in [0.25, 0.3) is 0 Å². The Morgan fingerprint density at radius 3 is 2.09 bits per heavy atom. The third-order valence-corrected chi connectivity index (χ3v) is 7.14. The predicted octanol–water partition coefficient (Wildman–Crippen LogP) is 6.64. The molecule has 0 unspecified atom stereocenters. The highest BCUT2D eigenvalue weighted by Crippen LogP contribution is 2.28. The van der Waals surface area contributed by atoms with E-state index in [0.717, 1.165) is 10.5 Å². The van der Waals surface area contributed by atoms with Gasteiger partial charge in [0.2, 0.25) is 11.8 Å². The smallest absolute Gasteiger partial charge is 0.243 e. The molecular weight excluding hydrogens is 499 g/mol. The molecule has 0 aliphatic rings. The first kappa shape index (κ1) is 27.1. The minimum Gasteiger partial charge on any atom is -0.352 e. The molecule has 0 bridgehead atoms. The lowest BCUT2D eigenvalue weighted by molar-refractivity contribution is -0.141. The summed E-state index contributed by atoms with van der Waals surface area (Å²) in [7, 11) is 0. The van der Waals surface area contributed by atoms with E-state index in [2.05, 4.69) is 5.32 Å². The third kappa shape index (κ3) is 8.31. The lowest BCUT2D eigenvalue weighted by atomic mass is 10.0. The maximum absolute atomic E-state index is 13.6. The fourth-order valence-electron chi connectivity index (χ4n) is 3.70. The lowest BCUT2D eigenvalue weighted by Gasteiger charge is -2.32. The van der Waals surface area contributed by atoms with Gasteiger partial charge in [0.15, 0.2) is 0 Å². The molecule has 0 aliphatic heterocycles. The van der Waals surface area contributed by atoms with Crippen molar-refractivity contribution in [3.8, 4) is 0 Å². The van der Waals surface area contributed by atoms with Crippen molar-refractivity contribution in [1.29, 1.82) is 0 Å². The summed E-state index contributed by atoms with van der Waals surface area (Å²) in [6.07, 6.45) is 0.668. The Kier molecular flexibility index (Phi) is 10.5. The second-order valence-electron chi connectivity index (χ2n) is 8.50.